The Balaban J connectivity index is 1.41. The molecule has 2 aromatic carbocycles. The van der Waals surface area contributed by atoms with Gasteiger partial charge in [0, 0.05) is 16.8 Å². The summed E-state index contributed by atoms with van der Waals surface area (Å²) < 4.78 is 26.5. The number of hydrogen-bond acceptors (Lipinski definition) is 4. The van der Waals surface area contributed by atoms with Crippen LogP contribution in [0.3, 0.4) is 0 Å². The summed E-state index contributed by atoms with van der Waals surface area (Å²) in [6, 6.07) is 14.5. The van der Waals surface area contributed by atoms with Gasteiger partial charge in [0.15, 0.2) is 11.6 Å². The van der Waals surface area contributed by atoms with Crippen molar-refractivity contribution >= 4 is 46.5 Å². The Bertz CT molecular complexity index is 1250. The summed E-state index contributed by atoms with van der Waals surface area (Å²) in [6.07, 6.45) is 1.46. The van der Waals surface area contributed by atoms with Crippen LogP contribution in [0.1, 0.15) is 21.9 Å². The first-order chi connectivity index (χ1) is 15.4. The summed E-state index contributed by atoms with van der Waals surface area (Å²) >= 11 is 18.3. The number of nitrogens with one attached hydrogen (secondary N) is 1. The topological polar surface area (TPSA) is 69.3 Å². The number of carbonyl (C=O) groups is 1. The number of anilines is 1. The quantitative estimate of drug-likeness (QED) is 0.320. The van der Waals surface area contributed by atoms with E-state index >= 15 is 0 Å². The molecule has 0 spiro atoms. The predicted molar refractivity (Wildman–Crippen MR) is 120 cm³/mol. The number of benzene rings is 2. The number of rotatable bonds is 7. The lowest BCUT2D eigenvalue weighted by atomic mass is 10.2. The molecule has 4 rings (SSSR count). The van der Waals surface area contributed by atoms with Gasteiger partial charge in [-0.3, -0.25) is 9.48 Å². The molecule has 0 aliphatic rings. The molecule has 1 N–H and O–H groups in total. The summed E-state index contributed by atoms with van der Waals surface area (Å²) in [7, 11) is 0. The minimum atomic E-state index is -0.551. The molecule has 2 heterocycles. The number of aromatic nitrogens is 2. The van der Waals surface area contributed by atoms with Crippen LogP contribution >= 0.6 is 34.8 Å². The number of carbonyl (C=O) groups excluding carboxylic acids is 1. The molecule has 0 aliphatic heterocycles. The van der Waals surface area contributed by atoms with E-state index in [1.54, 1.807) is 36.4 Å². The van der Waals surface area contributed by atoms with Crippen LogP contribution in [0, 0.1) is 5.82 Å². The lowest BCUT2D eigenvalue weighted by molar-refractivity contribution is 0.0992. The second kappa shape index (κ2) is 9.65. The van der Waals surface area contributed by atoms with Gasteiger partial charge in [-0.2, -0.15) is 5.10 Å². The Labute approximate surface area is 197 Å². The van der Waals surface area contributed by atoms with Gasteiger partial charge in [-0.15, -0.1) is 0 Å². The number of ether oxygens (including phenoxy) is 1. The fourth-order valence-electron chi connectivity index (χ4n) is 2.87. The molecule has 6 nitrogen and oxygen atoms in total. The third-order valence-electron chi connectivity index (χ3n) is 4.42. The van der Waals surface area contributed by atoms with Crippen molar-refractivity contribution in [1.29, 1.82) is 0 Å². The normalized spacial score (nSPS) is 10.9. The maximum absolute atomic E-state index is 14.0. The van der Waals surface area contributed by atoms with Crippen molar-refractivity contribution in [3.05, 3.63) is 98.8 Å². The lowest BCUT2D eigenvalue weighted by Crippen LogP contribution is -2.12. The summed E-state index contributed by atoms with van der Waals surface area (Å²) in [4.78, 5) is 12.5. The molecule has 0 bridgehead atoms. The molecule has 0 radical (unpaired) electrons. The van der Waals surface area contributed by atoms with Crippen molar-refractivity contribution in [3.8, 4) is 5.75 Å². The zero-order valence-electron chi connectivity index (χ0n) is 16.3. The minimum Gasteiger partial charge on any atom is -0.484 e. The van der Waals surface area contributed by atoms with Crippen molar-refractivity contribution in [2.24, 2.45) is 0 Å². The molecule has 1 amide bonds. The highest BCUT2D eigenvalue weighted by molar-refractivity contribution is 6.33. The number of amides is 1. The van der Waals surface area contributed by atoms with Crippen molar-refractivity contribution in [1.82, 2.24) is 9.78 Å². The Kier molecular flexibility index (Phi) is 6.69. The highest BCUT2D eigenvalue weighted by atomic mass is 35.5. The number of nitrogens with zero attached hydrogens (tertiary/aromatic N) is 2. The molecule has 2 aromatic heterocycles. The molecule has 4 aromatic rings. The van der Waals surface area contributed by atoms with Crippen molar-refractivity contribution in [2.45, 2.75) is 13.2 Å². The molecule has 164 valence electrons. The molecular weight excluding hydrogens is 480 g/mol. The van der Waals surface area contributed by atoms with Gasteiger partial charge < -0.3 is 14.5 Å². The van der Waals surface area contributed by atoms with E-state index in [2.05, 4.69) is 10.4 Å². The second-order valence-corrected chi connectivity index (χ2v) is 7.88. The molecular formula is C22H15Cl3FN3O3. The van der Waals surface area contributed by atoms with Gasteiger partial charge in [-0.05, 0) is 36.4 Å². The lowest BCUT2D eigenvalue weighted by Gasteiger charge is -2.06. The predicted octanol–water partition coefficient (Wildman–Crippen LogP) is 6.46. The Hall–Kier alpha value is -3.00. The van der Waals surface area contributed by atoms with Crippen LogP contribution in [-0.4, -0.2) is 15.7 Å². The zero-order chi connectivity index (χ0) is 22.7. The summed E-state index contributed by atoms with van der Waals surface area (Å²) in [5, 5.41) is 7.68. The number of halogens is 4. The van der Waals surface area contributed by atoms with Crippen molar-refractivity contribution < 1.29 is 18.3 Å². The van der Waals surface area contributed by atoms with E-state index in [1.807, 2.05) is 0 Å². The SMILES string of the molecule is O=C(Nc1nn(Cc2c(F)cccc2Cl)cc1Cl)c1ccc(COc2ccccc2Cl)o1. The van der Waals surface area contributed by atoms with Gasteiger partial charge in [-0.1, -0.05) is 53.0 Å². The minimum absolute atomic E-state index is 0.0468. The van der Waals surface area contributed by atoms with E-state index in [4.69, 9.17) is 44.0 Å². The van der Waals surface area contributed by atoms with E-state index in [9.17, 15) is 9.18 Å². The zero-order valence-corrected chi connectivity index (χ0v) is 18.6. The molecule has 10 heteroatoms. The van der Waals surface area contributed by atoms with Gasteiger partial charge in [-0.25, -0.2) is 4.39 Å². The van der Waals surface area contributed by atoms with Gasteiger partial charge in [0.05, 0.1) is 11.6 Å². The van der Waals surface area contributed by atoms with Crippen molar-refractivity contribution in [2.75, 3.05) is 5.32 Å². The molecule has 0 unspecified atom stereocenters. The highest BCUT2D eigenvalue weighted by Crippen LogP contribution is 2.26. The average Bonchev–Trinajstić information content (AvgIpc) is 3.37. The second-order valence-electron chi connectivity index (χ2n) is 6.66. The summed E-state index contributed by atoms with van der Waals surface area (Å²) in [5.74, 6) is 0.0755. The first-order valence-electron chi connectivity index (χ1n) is 9.34. The van der Waals surface area contributed by atoms with E-state index < -0.39 is 11.7 Å². The molecule has 0 saturated heterocycles. The average molecular weight is 495 g/mol. The van der Waals surface area contributed by atoms with Gasteiger partial charge in [0.1, 0.15) is 29.0 Å². The Morgan fingerprint density at radius 1 is 1.03 bits per heavy atom. The molecule has 0 aliphatic carbocycles. The number of para-hydroxylation sites is 1. The Morgan fingerprint density at radius 2 is 1.81 bits per heavy atom. The fourth-order valence-corrected chi connectivity index (χ4v) is 3.48. The standard InChI is InChI=1S/C22H15Cl3FN3O3/c23-15-5-3-6-18(26)14(15)10-29-11-17(25)21(28-29)27-22(30)20-9-8-13(32-20)12-31-19-7-2-1-4-16(19)24/h1-9,11H,10,12H2,(H,27,28,30). The van der Waals surface area contributed by atoms with Crippen LogP contribution in [0.25, 0.3) is 0 Å². The van der Waals surface area contributed by atoms with Gasteiger partial charge in [0.2, 0.25) is 0 Å². The van der Waals surface area contributed by atoms with E-state index in [1.165, 1.54) is 29.1 Å². The summed E-state index contributed by atoms with van der Waals surface area (Å²) in [6.45, 7) is 0.140. The fraction of sp³-hybridized carbons (Fsp3) is 0.0909. The van der Waals surface area contributed by atoms with Crippen LogP contribution in [0.4, 0.5) is 10.2 Å². The maximum Gasteiger partial charge on any atom is 0.292 e. The van der Waals surface area contributed by atoms with Gasteiger partial charge in [0.25, 0.3) is 5.91 Å². The van der Waals surface area contributed by atoms with E-state index in [-0.39, 0.29) is 40.3 Å². The van der Waals surface area contributed by atoms with Crippen molar-refractivity contribution in [3.63, 3.8) is 0 Å². The van der Waals surface area contributed by atoms with Crippen LogP contribution in [0.2, 0.25) is 15.1 Å². The first-order valence-corrected chi connectivity index (χ1v) is 10.5. The molecule has 0 fully saturated rings. The third kappa shape index (κ3) is 5.07. The first kappa shape index (κ1) is 22.2. The van der Waals surface area contributed by atoms with Crippen LogP contribution in [0.5, 0.6) is 5.75 Å². The third-order valence-corrected chi connectivity index (χ3v) is 5.37. The number of furan rings is 1. The Morgan fingerprint density at radius 3 is 2.59 bits per heavy atom. The molecule has 0 atom stereocenters. The highest BCUT2D eigenvalue weighted by Gasteiger charge is 2.17. The van der Waals surface area contributed by atoms with E-state index in [0.29, 0.717) is 16.5 Å². The van der Waals surface area contributed by atoms with Crippen LogP contribution in [-0.2, 0) is 13.2 Å². The monoisotopic (exact) mass is 493 g/mol. The van der Waals surface area contributed by atoms with Crippen LogP contribution in [0.15, 0.2) is 65.2 Å². The summed E-state index contributed by atoms with van der Waals surface area (Å²) in [5.41, 5.74) is 0.264. The van der Waals surface area contributed by atoms with Gasteiger partial charge >= 0.3 is 0 Å². The largest absolute Gasteiger partial charge is 0.484 e. The van der Waals surface area contributed by atoms with Crippen LogP contribution < -0.4 is 10.1 Å². The molecule has 32 heavy (non-hydrogen) atoms. The van der Waals surface area contributed by atoms with E-state index in [0.717, 1.165) is 0 Å². The maximum atomic E-state index is 14.0. The molecule has 0 saturated carbocycles. The smallest absolute Gasteiger partial charge is 0.292 e. The number of hydrogen-bond donors (Lipinski definition) is 1.